The third-order valence-corrected chi connectivity index (χ3v) is 3.87. The number of rotatable bonds is 4. The van der Waals surface area contributed by atoms with E-state index < -0.39 is 5.82 Å². The Hall–Kier alpha value is -1.55. The molecule has 0 bridgehead atoms. The number of anilines is 2. The second-order valence-corrected chi connectivity index (χ2v) is 6.36. The van der Waals surface area contributed by atoms with Crippen LogP contribution in [-0.2, 0) is 5.41 Å². The summed E-state index contributed by atoms with van der Waals surface area (Å²) in [5.41, 5.74) is 7.64. The third-order valence-electron chi connectivity index (χ3n) is 3.38. The first-order valence-electron chi connectivity index (χ1n) is 6.44. The van der Waals surface area contributed by atoms with Crippen LogP contribution >= 0.6 is 15.9 Å². The first-order chi connectivity index (χ1) is 9.40. The number of nitrogen functional groups attached to an aromatic ring is 1. The molecule has 0 spiro atoms. The Labute approximate surface area is 127 Å². The number of hydrogen-bond donors (Lipinski definition) is 2. The summed E-state index contributed by atoms with van der Waals surface area (Å²) in [6.07, 6.45) is 0. The van der Waals surface area contributed by atoms with E-state index in [1.165, 1.54) is 11.6 Å². The largest absolute Gasteiger partial charge is 0.395 e. The summed E-state index contributed by atoms with van der Waals surface area (Å²) in [4.78, 5) is 0. The number of para-hydroxylation sites is 1. The lowest BCUT2D eigenvalue weighted by molar-refractivity contribution is 0.556. The maximum absolute atomic E-state index is 13.4. The molecule has 0 aliphatic heterocycles. The summed E-state index contributed by atoms with van der Waals surface area (Å²) in [5.74, 6) is -0.393. The van der Waals surface area contributed by atoms with Crippen molar-refractivity contribution in [2.24, 2.45) is 0 Å². The summed E-state index contributed by atoms with van der Waals surface area (Å²) in [6, 6.07) is 13.0. The van der Waals surface area contributed by atoms with Gasteiger partial charge in [0.15, 0.2) is 0 Å². The smallest absolute Gasteiger partial charge is 0.148 e. The van der Waals surface area contributed by atoms with Gasteiger partial charge in [0.1, 0.15) is 5.82 Å². The highest BCUT2D eigenvalue weighted by Gasteiger charge is 2.21. The van der Waals surface area contributed by atoms with Gasteiger partial charge >= 0.3 is 0 Å². The highest BCUT2D eigenvalue weighted by atomic mass is 79.9. The van der Waals surface area contributed by atoms with Gasteiger partial charge in [0.2, 0.25) is 0 Å². The normalized spacial score (nSPS) is 11.4. The number of nitrogens with one attached hydrogen (secondary N) is 1. The van der Waals surface area contributed by atoms with Gasteiger partial charge in [-0.15, -0.1) is 0 Å². The van der Waals surface area contributed by atoms with E-state index >= 15 is 0 Å². The van der Waals surface area contributed by atoms with E-state index in [1.54, 1.807) is 12.1 Å². The van der Waals surface area contributed by atoms with Gasteiger partial charge in [-0.05, 0) is 29.8 Å². The van der Waals surface area contributed by atoms with Gasteiger partial charge in [-0.1, -0.05) is 48.0 Å². The molecule has 0 radical (unpaired) electrons. The summed E-state index contributed by atoms with van der Waals surface area (Å²) in [5, 5.41) is 3.23. The zero-order chi connectivity index (χ0) is 14.8. The standard InChI is InChI=1S/C16H18BrFN2/c1-16(2,11-5-3-6-12(17)9-11)10-20-14-8-4-7-13(18)15(14)19/h3-9,20H,10,19H2,1-2H3. The van der Waals surface area contributed by atoms with Crippen LogP contribution in [0.1, 0.15) is 19.4 Å². The Morgan fingerprint density at radius 2 is 1.90 bits per heavy atom. The van der Waals surface area contributed by atoms with Crippen LogP contribution in [0.15, 0.2) is 46.9 Å². The van der Waals surface area contributed by atoms with Crippen LogP contribution in [0.25, 0.3) is 0 Å². The molecule has 0 amide bonds. The number of hydrogen-bond acceptors (Lipinski definition) is 2. The molecule has 20 heavy (non-hydrogen) atoms. The first-order valence-corrected chi connectivity index (χ1v) is 7.23. The van der Waals surface area contributed by atoms with Gasteiger partial charge in [0.05, 0.1) is 11.4 Å². The number of halogens is 2. The molecule has 0 saturated heterocycles. The van der Waals surface area contributed by atoms with Gasteiger partial charge in [0, 0.05) is 16.4 Å². The lowest BCUT2D eigenvalue weighted by Crippen LogP contribution is -2.28. The first kappa shape index (κ1) is 14.9. The number of nitrogens with two attached hydrogens (primary N) is 1. The molecule has 2 aromatic carbocycles. The van der Waals surface area contributed by atoms with Gasteiger partial charge in [0.25, 0.3) is 0 Å². The van der Waals surface area contributed by atoms with Crippen LogP contribution in [-0.4, -0.2) is 6.54 Å². The molecule has 0 aliphatic rings. The van der Waals surface area contributed by atoms with E-state index in [2.05, 4.69) is 47.2 Å². The van der Waals surface area contributed by atoms with Crippen molar-refractivity contribution in [2.45, 2.75) is 19.3 Å². The second-order valence-electron chi connectivity index (χ2n) is 5.45. The Bertz CT molecular complexity index is 611. The lowest BCUT2D eigenvalue weighted by Gasteiger charge is -2.27. The predicted octanol–water partition coefficient (Wildman–Crippen LogP) is 4.56. The SMILES string of the molecule is CC(C)(CNc1cccc(F)c1N)c1cccc(Br)c1. The van der Waals surface area contributed by atoms with Crippen LogP contribution < -0.4 is 11.1 Å². The highest BCUT2D eigenvalue weighted by Crippen LogP contribution is 2.28. The fraction of sp³-hybridized carbons (Fsp3) is 0.250. The van der Waals surface area contributed by atoms with Crippen molar-refractivity contribution >= 4 is 27.3 Å². The van der Waals surface area contributed by atoms with Gasteiger partial charge in [-0.3, -0.25) is 0 Å². The van der Waals surface area contributed by atoms with Crippen LogP contribution in [0, 0.1) is 5.82 Å². The van der Waals surface area contributed by atoms with E-state index in [-0.39, 0.29) is 11.1 Å². The van der Waals surface area contributed by atoms with E-state index in [0.717, 1.165) is 4.47 Å². The van der Waals surface area contributed by atoms with Crippen molar-refractivity contribution < 1.29 is 4.39 Å². The van der Waals surface area contributed by atoms with Crippen molar-refractivity contribution in [2.75, 3.05) is 17.6 Å². The Balaban J connectivity index is 2.15. The quantitative estimate of drug-likeness (QED) is 0.803. The molecule has 4 heteroatoms. The minimum atomic E-state index is -0.393. The second kappa shape index (κ2) is 5.83. The molecule has 2 aromatic rings. The monoisotopic (exact) mass is 336 g/mol. The maximum Gasteiger partial charge on any atom is 0.148 e. The van der Waals surface area contributed by atoms with Crippen LogP contribution in [0.2, 0.25) is 0 Å². The molecule has 2 rings (SSSR count). The van der Waals surface area contributed by atoms with Gasteiger partial charge in [-0.25, -0.2) is 4.39 Å². The van der Waals surface area contributed by atoms with Crippen molar-refractivity contribution in [3.8, 4) is 0 Å². The van der Waals surface area contributed by atoms with E-state index in [4.69, 9.17) is 5.73 Å². The summed E-state index contributed by atoms with van der Waals surface area (Å²) >= 11 is 3.48. The minimum Gasteiger partial charge on any atom is -0.395 e. The summed E-state index contributed by atoms with van der Waals surface area (Å²) in [7, 11) is 0. The molecule has 0 atom stereocenters. The lowest BCUT2D eigenvalue weighted by atomic mass is 9.84. The zero-order valence-electron chi connectivity index (χ0n) is 11.6. The molecule has 0 aromatic heterocycles. The molecular weight excluding hydrogens is 319 g/mol. The van der Waals surface area contributed by atoms with Crippen LogP contribution in [0.4, 0.5) is 15.8 Å². The maximum atomic E-state index is 13.4. The van der Waals surface area contributed by atoms with Crippen molar-refractivity contribution in [1.82, 2.24) is 0 Å². The van der Waals surface area contributed by atoms with Crippen LogP contribution in [0.5, 0.6) is 0 Å². The fourth-order valence-electron chi connectivity index (χ4n) is 2.02. The van der Waals surface area contributed by atoms with Gasteiger partial charge in [-0.2, -0.15) is 0 Å². The van der Waals surface area contributed by atoms with Gasteiger partial charge < -0.3 is 11.1 Å². The topological polar surface area (TPSA) is 38.0 Å². The summed E-state index contributed by atoms with van der Waals surface area (Å²) in [6.45, 7) is 4.94. The van der Waals surface area contributed by atoms with Crippen molar-refractivity contribution in [3.05, 3.63) is 58.3 Å². The fourth-order valence-corrected chi connectivity index (χ4v) is 2.42. The Morgan fingerprint density at radius 1 is 1.20 bits per heavy atom. The van der Waals surface area contributed by atoms with E-state index in [9.17, 15) is 4.39 Å². The average Bonchev–Trinajstić information content (AvgIpc) is 2.40. The molecule has 3 N–H and O–H groups in total. The Morgan fingerprint density at radius 3 is 2.60 bits per heavy atom. The van der Waals surface area contributed by atoms with Crippen molar-refractivity contribution in [1.29, 1.82) is 0 Å². The number of benzene rings is 2. The predicted molar refractivity (Wildman–Crippen MR) is 86.5 cm³/mol. The van der Waals surface area contributed by atoms with Crippen LogP contribution in [0.3, 0.4) is 0 Å². The third kappa shape index (κ3) is 3.31. The molecule has 0 aliphatic carbocycles. The van der Waals surface area contributed by atoms with E-state index in [0.29, 0.717) is 12.2 Å². The molecule has 2 nitrogen and oxygen atoms in total. The van der Waals surface area contributed by atoms with E-state index in [1.807, 2.05) is 12.1 Å². The molecule has 0 saturated carbocycles. The molecular formula is C16H18BrFN2. The Kier molecular flexibility index (Phi) is 4.33. The average molecular weight is 337 g/mol. The minimum absolute atomic E-state index is 0.0947. The zero-order valence-corrected chi connectivity index (χ0v) is 13.2. The molecule has 106 valence electrons. The molecule has 0 unspecified atom stereocenters. The molecule has 0 heterocycles. The van der Waals surface area contributed by atoms with Crippen molar-refractivity contribution in [3.63, 3.8) is 0 Å². The summed E-state index contributed by atoms with van der Waals surface area (Å²) < 4.78 is 14.5. The molecule has 0 fully saturated rings. The highest BCUT2D eigenvalue weighted by molar-refractivity contribution is 9.10.